The Bertz CT molecular complexity index is 830. The molecule has 6 N–H and O–H groups in total. The number of hydrogen-bond donors (Lipinski definition) is 4. The molecule has 1 rings (SSSR count). The van der Waals surface area contributed by atoms with Crippen LogP contribution in [0.5, 0.6) is 0 Å². The van der Waals surface area contributed by atoms with Gasteiger partial charge < -0.3 is 21.9 Å². The Morgan fingerprint density at radius 1 is 1.29 bits per heavy atom. The molecule has 0 aliphatic heterocycles. The van der Waals surface area contributed by atoms with Gasteiger partial charge in [0.25, 0.3) is 5.91 Å². The zero-order valence-electron chi connectivity index (χ0n) is 18.8. The Kier molecular flexibility index (Phi) is 16.4. The second-order valence-corrected chi connectivity index (χ2v) is 5.68. The minimum Gasteiger partial charge on any atom is -0.389 e. The second kappa shape index (κ2) is 17.2. The van der Waals surface area contributed by atoms with Crippen molar-refractivity contribution in [3.8, 4) is 0 Å². The molecule has 8 nitrogen and oxygen atoms in total. The fourth-order valence-corrected chi connectivity index (χ4v) is 2.12. The van der Waals surface area contributed by atoms with Gasteiger partial charge in [-0.15, -0.1) is 6.58 Å². The standard InChI is InChI=1S/C11H16O.C10H13N5O2.C2H6/c1-4-6-8-11(7-5-2)9-10(3)12;1-3-6(4-2)15-5-7(13-10(12)17)8(14-15)9(11)16;1-2/h4-6,8-10,12H,1-2,7H2,3H3;3-5H,1H2,2H3,(H2,11,16)(H3,12,13,17);1-2H3/b8-6-,11-9?;6-4+;. The summed E-state index contributed by atoms with van der Waals surface area (Å²) in [6.45, 7) is 18.3. The molecular weight excluding hydrogens is 394 g/mol. The molecule has 0 spiro atoms. The Hall–Kier alpha value is -3.65. The molecule has 0 radical (unpaired) electrons. The van der Waals surface area contributed by atoms with Gasteiger partial charge in [0.2, 0.25) is 0 Å². The van der Waals surface area contributed by atoms with Crippen LogP contribution in [0.25, 0.3) is 5.70 Å². The normalized spacial score (nSPS) is 11.9. The van der Waals surface area contributed by atoms with Gasteiger partial charge in [0.15, 0.2) is 5.69 Å². The number of aliphatic hydroxyl groups excluding tert-OH is 1. The van der Waals surface area contributed by atoms with Crippen molar-refractivity contribution in [3.63, 3.8) is 0 Å². The second-order valence-electron chi connectivity index (χ2n) is 5.68. The lowest BCUT2D eigenvalue weighted by molar-refractivity contribution is 0.0996. The van der Waals surface area contributed by atoms with E-state index in [4.69, 9.17) is 16.6 Å². The van der Waals surface area contributed by atoms with E-state index in [1.807, 2.05) is 32.1 Å². The molecule has 1 unspecified atom stereocenters. The van der Waals surface area contributed by atoms with Crippen molar-refractivity contribution in [1.29, 1.82) is 0 Å². The van der Waals surface area contributed by atoms with Gasteiger partial charge in [0, 0.05) is 0 Å². The van der Waals surface area contributed by atoms with E-state index in [1.165, 1.54) is 10.9 Å². The van der Waals surface area contributed by atoms with Gasteiger partial charge in [0.05, 0.1) is 23.7 Å². The van der Waals surface area contributed by atoms with Crippen LogP contribution in [0.15, 0.2) is 74.0 Å². The number of aromatic nitrogens is 2. The molecule has 0 aromatic carbocycles. The van der Waals surface area contributed by atoms with E-state index in [-0.39, 0.29) is 11.4 Å². The molecule has 3 amide bonds. The topological polar surface area (TPSA) is 136 Å². The van der Waals surface area contributed by atoms with Crippen LogP contribution in [0.4, 0.5) is 10.5 Å². The van der Waals surface area contributed by atoms with Gasteiger partial charge >= 0.3 is 6.03 Å². The van der Waals surface area contributed by atoms with E-state index in [9.17, 15) is 9.59 Å². The van der Waals surface area contributed by atoms with E-state index in [1.54, 1.807) is 38.2 Å². The van der Waals surface area contributed by atoms with Crippen LogP contribution in [0.2, 0.25) is 0 Å². The third-order valence-corrected chi connectivity index (χ3v) is 3.26. The van der Waals surface area contributed by atoms with Gasteiger partial charge in [-0.1, -0.05) is 63.5 Å². The zero-order valence-corrected chi connectivity index (χ0v) is 18.8. The number of nitrogens with two attached hydrogens (primary N) is 2. The van der Waals surface area contributed by atoms with Gasteiger partial charge in [-0.3, -0.25) is 4.79 Å². The number of aliphatic hydroxyl groups is 1. The molecule has 0 aliphatic carbocycles. The molecule has 1 aromatic heterocycles. The van der Waals surface area contributed by atoms with Gasteiger partial charge in [0.1, 0.15) is 0 Å². The number of anilines is 1. The van der Waals surface area contributed by atoms with Gasteiger partial charge in [-0.05, 0) is 31.9 Å². The fraction of sp³-hybridized carbons (Fsp3) is 0.261. The largest absolute Gasteiger partial charge is 0.389 e. The highest BCUT2D eigenvalue weighted by atomic mass is 16.3. The number of urea groups is 1. The zero-order chi connectivity index (χ0) is 24.4. The SMILES string of the molecule is C=C/C(=C\C)n1cc(NC(N)=O)c(C(N)=O)n1.C=C/C=C\C(=CC(C)O)CC=C.CC. The van der Waals surface area contributed by atoms with Crippen LogP contribution >= 0.6 is 0 Å². The average molecular weight is 430 g/mol. The monoisotopic (exact) mass is 429 g/mol. The van der Waals surface area contributed by atoms with Crippen molar-refractivity contribution < 1.29 is 14.7 Å². The summed E-state index contributed by atoms with van der Waals surface area (Å²) in [6.07, 6.45) is 14.2. The minimum absolute atomic E-state index is 0.0648. The van der Waals surface area contributed by atoms with Crippen LogP contribution in [-0.4, -0.2) is 32.9 Å². The molecular formula is C23H35N5O3. The van der Waals surface area contributed by atoms with Crippen molar-refractivity contribution >= 4 is 23.3 Å². The Morgan fingerprint density at radius 3 is 2.29 bits per heavy atom. The van der Waals surface area contributed by atoms with Gasteiger partial charge in [-0.25, -0.2) is 9.48 Å². The average Bonchev–Trinajstić information content (AvgIpc) is 3.12. The van der Waals surface area contributed by atoms with E-state index in [0.717, 1.165) is 12.0 Å². The predicted octanol–water partition coefficient (Wildman–Crippen LogP) is 4.16. The van der Waals surface area contributed by atoms with Crippen molar-refractivity contribution in [2.45, 2.75) is 40.2 Å². The smallest absolute Gasteiger partial charge is 0.316 e. The van der Waals surface area contributed by atoms with Crippen molar-refractivity contribution in [2.75, 3.05) is 5.32 Å². The predicted molar refractivity (Wildman–Crippen MR) is 129 cm³/mol. The number of primary amides is 2. The summed E-state index contributed by atoms with van der Waals surface area (Å²) in [5, 5.41) is 15.3. The number of nitrogens with zero attached hydrogens (tertiary/aromatic N) is 2. The molecule has 0 fully saturated rings. The summed E-state index contributed by atoms with van der Waals surface area (Å²) in [6, 6.07) is -0.798. The summed E-state index contributed by atoms with van der Waals surface area (Å²) in [5.74, 6) is -0.757. The number of carbonyl (C=O) groups is 2. The highest BCUT2D eigenvalue weighted by molar-refractivity contribution is 6.00. The van der Waals surface area contributed by atoms with Crippen molar-refractivity contribution in [1.82, 2.24) is 9.78 Å². The Labute approximate surface area is 185 Å². The number of allylic oxidation sites excluding steroid dienone is 8. The maximum atomic E-state index is 11.1. The van der Waals surface area contributed by atoms with Crippen LogP contribution < -0.4 is 16.8 Å². The van der Waals surface area contributed by atoms with E-state index in [0.29, 0.717) is 5.70 Å². The minimum atomic E-state index is -0.798. The summed E-state index contributed by atoms with van der Waals surface area (Å²) >= 11 is 0. The van der Waals surface area contributed by atoms with E-state index in [2.05, 4.69) is 30.2 Å². The lowest BCUT2D eigenvalue weighted by Crippen LogP contribution is -2.22. The van der Waals surface area contributed by atoms with Crippen LogP contribution in [-0.2, 0) is 0 Å². The lowest BCUT2D eigenvalue weighted by atomic mass is 10.1. The van der Waals surface area contributed by atoms with E-state index >= 15 is 0 Å². The summed E-state index contributed by atoms with van der Waals surface area (Å²) in [5.41, 5.74) is 11.9. The molecule has 1 heterocycles. The molecule has 31 heavy (non-hydrogen) atoms. The number of hydrogen-bond acceptors (Lipinski definition) is 4. The van der Waals surface area contributed by atoms with Crippen molar-refractivity contribution in [3.05, 3.63) is 79.7 Å². The molecule has 1 atom stereocenters. The summed E-state index contributed by atoms with van der Waals surface area (Å²) < 4.78 is 1.37. The third kappa shape index (κ3) is 12.5. The number of carbonyl (C=O) groups excluding carboxylic acids is 2. The quantitative estimate of drug-likeness (QED) is 0.346. The molecule has 1 aromatic rings. The number of rotatable bonds is 9. The maximum Gasteiger partial charge on any atom is 0.316 e. The molecule has 0 saturated carbocycles. The number of nitrogens with one attached hydrogen (secondary N) is 1. The number of amides is 3. The summed E-state index contributed by atoms with van der Waals surface area (Å²) in [4.78, 5) is 21.9. The molecule has 8 heteroatoms. The fourth-order valence-electron chi connectivity index (χ4n) is 2.12. The first-order valence-corrected chi connectivity index (χ1v) is 9.73. The van der Waals surface area contributed by atoms with Gasteiger partial charge in [-0.2, -0.15) is 5.10 Å². The highest BCUT2D eigenvalue weighted by Crippen LogP contribution is 2.16. The highest BCUT2D eigenvalue weighted by Gasteiger charge is 2.15. The molecule has 0 aliphatic rings. The third-order valence-electron chi connectivity index (χ3n) is 3.26. The summed E-state index contributed by atoms with van der Waals surface area (Å²) in [7, 11) is 0. The van der Waals surface area contributed by atoms with Crippen LogP contribution in [0, 0.1) is 0 Å². The first-order valence-electron chi connectivity index (χ1n) is 9.73. The Morgan fingerprint density at radius 2 is 1.90 bits per heavy atom. The molecule has 0 bridgehead atoms. The van der Waals surface area contributed by atoms with Crippen LogP contribution in [0.1, 0.15) is 44.6 Å². The van der Waals surface area contributed by atoms with Crippen molar-refractivity contribution in [2.24, 2.45) is 11.5 Å². The van der Waals surface area contributed by atoms with Crippen LogP contribution in [0.3, 0.4) is 0 Å². The molecule has 170 valence electrons. The first-order chi connectivity index (χ1) is 14.7. The Balaban J connectivity index is 0. The lowest BCUT2D eigenvalue weighted by Gasteiger charge is -1.99. The molecule has 0 saturated heterocycles. The van der Waals surface area contributed by atoms with E-state index < -0.39 is 18.0 Å². The first kappa shape index (κ1) is 29.6. The maximum absolute atomic E-state index is 11.1.